The Morgan fingerprint density at radius 2 is 1.29 bits per heavy atom. The molecule has 0 atom stereocenters. The van der Waals surface area contributed by atoms with Crippen LogP contribution in [0.2, 0.25) is 0 Å². The van der Waals surface area contributed by atoms with Gasteiger partial charge in [0.05, 0.1) is 23.7 Å². The van der Waals surface area contributed by atoms with E-state index in [2.05, 4.69) is 101 Å². The molecule has 0 amide bonds. The van der Waals surface area contributed by atoms with E-state index in [1.54, 1.807) is 0 Å². The van der Waals surface area contributed by atoms with Crippen molar-refractivity contribution in [2.24, 2.45) is 9.98 Å². The molecule has 0 spiro atoms. The van der Waals surface area contributed by atoms with Gasteiger partial charge in [-0.1, -0.05) is 82.3 Å². The Hall–Kier alpha value is -1.68. The van der Waals surface area contributed by atoms with Gasteiger partial charge in [-0.2, -0.15) is 0 Å². The molecule has 0 unspecified atom stereocenters. The van der Waals surface area contributed by atoms with Crippen molar-refractivity contribution in [1.82, 2.24) is 4.90 Å². The van der Waals surface area contributed by atoms with Crippen LogP contribution in [-0.4, -0.2) is 43.5 Å². The van der Waals surface area contributed by atoms with E-state index < -0.39 is 0 Å². The van der Waals surface area contributed by atoms with Crippen molar-refractivity contribution in [1.29, 1.82) is 0 Å². The average molecular weight is 538 g/mol. The van der Waals surface area contributed by atoms with Gasteiger partial charge in [0.2, 0.25) is 0 Å². The molecule has 3 nitrogen and oxygen atoms in total. The second-order valence-corrected chi connectivity index (χ2v) is 11.2. The summed E-state index contributed by atoms with van der Waals surface area (Å²) in [4.78, 5) is 12.6. The van der Waals surface area contributed by atoms with Crippen LogP contribution in [0.5, 0.6) is 0 Å². The predicted molar refractivity (Wildman–Crippen MR) is 146 cm³/mol. The molecule has 0 N–H and O–H groups in total. The first kappa shape index (κ1) is 26.9. The average Bonchev–Trinajstić information content (AvgIpc) is 3.09. The number of benzene rings is 3. The van der Waals surface area contributed by atoms with Crippen molar-refractivity contribution >= 4 is 48.1 Å². The van der Waals surface area contributed by atoms with Crippen LogP contribution in [-0.2, 0) is 13.1 Å². The number of hydrogen-bond donors (Lipinski definition) is 0. The third-order valence-corrected chi connectivity index (χ3v) is 6.02. The van der Waals surface area contributed by atoms with Crippen LogP contribution in [0.25, 0.3) is 10.8 Å². The molecule has 34 heavy (non-hydrogen) atoms. The SMILES string of the molecule is CC(C)c1cccc(C(C)C)c1N=C1C(=NCCN(C)C)c2cccc3cccc1c23.[Cl][Fe+][Cl]. The molecule has 0 aliphatic heterocycles. The quantitative estimate of drug-likeness (QED) is 0.293. The fourth-order valence-corrected chi connectivity index (χ4v) is 4.38. The Labute approximate surface area is 218 Å². The Morgan fingerprint density at radius 1 is 0.794 bits per heavy atom. The Bertz CT molecular complexity index is 1170. The number of rotatable bonds is 6. The number of nitrogens with zero attached hydrogens (tertiary/aromatic N) is 3. The van der Waals surface area contributed by atoms with Gasteiger partial charge in [0.15, 0.2) is 0 Å². The molecule has 3 aromatic rings. The van der Waals surface area contributed by atoms with E-state index in [4.69, 9.17) is 30.2 Å². The maximum absolute atomic E-state index is 5.39. The van der Waals surface area contributed by atoms with Crippen LogP contribution in [0.3, 0.4) is 0 Å². The molecule has 4 rings (SSSR count). The molecule has 0 heterocycles. The summed E-state index contributed by atoms with van der Waals surface area (Å²) in [6, 6.07) is 19.7. The minimum atomic E-state index is 0.194. The molecule has 6 heteroatoms. The third-order valence-electron chi connectivity index (χ3n) is 6.02. The van der Waals surface area contributed by atoms with Crippen LogP contribution in [0, 0.1) is 0 Å². The van der Waals surface area contributed by atoms with E-state index in [1.807, 2.05) is 0 Å². The normalized spacial score (nSPS) is 15.1. The number of aliphatic imine (C=N–C) groups is 2. The molecule has 0 saturated carbocycles. The molecule has 3 aromatic carbocycles. The molecular weight excluding hydrogens is 505 g/mol. The van der Waals surface area contributed by atoms with Gasteiger partial charge >= 0.3 is 33.3 Å². The molecule has 0 bridgehead atoms. The van der Waals surface area contributed by atoms with Gasteiger partial charge in [0.1, 0.15) is 0 Å². The fraction of sp³-hybridized carbons (Fsp3) is 0.357. The topological polar surface area (TPSA) is 28.0 Å². The zero-order valence-electron chi connectivity index (χ0n) is 20.7. The van der Waals surface area contributed by atoms with E-state index in [1.165, 1.54) is 33.0 Å². The van der Waals surface area contributed by atoms with Gasteiger partial charge in [0, 0.05) is 23.1 Å². The van der Waals surface area contributed by atoms with Gasteiger partial charge in [-0.05, 0) is 42.4 Å². The van der Waals surface area contributed by atoms with Crippen LogP contribution in [0.15, 0.2) is 64.6 Å². The summed E-state index contributed by atoms with van der Waals surface area (Å²) in [5.74, 6) is 0.818. The van der Waals surface area contributed by atoms with Crippen LogP contribution in [0.4, 0.5) is 5.69 Å². The Kier molecular flexibility index (Phi) is 9.76. The Morgan fingerprint density at radius 3 is 1.79 bits per heavy atom. The van der Waals surface area contributed by atoms with Gasteiger partial charge in [-0.3, -0.25) is 4.99 Å². The van der Waals surface area contributed by atoms with Crippen molar-refractivity contribution in [3.63, 3.8) is 0 Å². The maximum atomic E-state index is 5.39. The summed E-state index contributed by atoms with van der Waals surface area (Å²) < 4.78 is 0. The summed E-state index contributed by atoms with van der Waals surface area (Å²) in [5, 5.41) is 2.53. The first-order chi connectivity index (χ1) is 16.3. The molecule has 181 valence electrons. The summed E-state index contributed by atoms with van der Waals surface area (Å²) in [6.07, 6.45) is 0. The first-order valence-electron chi connectivity index (χ1n) is 11.6. The summed E-state index contributed by atoms with van der Waals surface area (Å²) in [6.45, 7) is 10.7. The third kappa shape index (κ3) is 5.93. The van der Waals surface area contributed by atoms with Crippen molar-refractivity contribution < 1.29 is 13.1 Å². The molecule has 1 aliphatic carbocycles. The van der Waals surface area contributed by atoms with Gasteiger partial charge in [-0.15, -0.1) is 0 Å². The van der Waals surface area contributed by atoms with E-state index in [0.717, 1.165) is 30.2 Å². The second-order valence-electron chi connectivity index (χ2n) is 9.35. The monoisotopic (exact) mass is 537 g/mol. The second kappa shape index (κ2) is 12.3. The number of likely N-dealkylation sites (N-methyl/N-ethyl adjacent to an activating group) is 1. The molecule has 0 saturated heterocycles. The van der Waals surface area contributed by atoms with Crippen molar-refractivity contribution in [3.05, 3.63) is 76.9 Å². The van der Waals surface area contributed by atoms with E-state index >= 15 is 0 Å². The van der Waals surface area contributed by atoms with Gasteiger partial charge in [-0.25, -0.2) is 4.99 Å². The predicted octanol–water partition coefficient (Wildman–Crippen LogP) is 7.95. The molecular formula is C28H33Cl2FeN3+. The van der Waals surface area contributed by atoms with Crippen LogP contribution in [0.1, 0.15) is 61.8 Å². The number of halogens is 2. The molecule has 0 aromatic heterocycles. The zero-order valence-corrected chi connectivity index (χ0v) is 23.3. The van der Waals surface area contributed by atoms with E-state index in [-0.39, 0.29) is 13.1 Å². The first-order valence-corrected chi connectivity index (χ1v) is 14.6. The van der Waals surface area contributed by atoms with Crippen molar-refractivity contribution in [3.8, 4) is 0 Å². The van der Waals surface area contributed by atoms with Gasteiger partial charge in [0.25, 0.3) is 0 Å². The molecule has 0 fully saturated rings. The minimum absolute atomic E-state index is 0.194. The number of hydrogen-bond acceptors (Lipinski definition) is 3. The van der Waals surface area contributed by atoms with E-state index in [0.29, 0.717) is 11.8 Å². The molecule has 0 radical (unpaired) electrons. The van der Waals surface area contributed by atoms with Gasteiger partial charge < -0.3 is 4.90 Å². The van der Waals surface area contributed by atoms with Crippen molar-refractivity contribution in [2.75, 3.05) is 27.2 Å². The summed E-state index contributed by atoms with van der Waals surface area (Å²) >= 11 is 0.194. The summed E-state index contributed by atoms with van der Waals surface area (Å²) in [5.41, 5.74) is 8.17. The van der Waals surface area contributed by atoms with E-state index in [9.17, 15) is 0 Å². The fourth-order valence-electron chi connectivity index (χ4n) is 4.38. The zero-order chi connectivity index (χ0) is 24.8. The van der Waals surface area contributed by atoms with Crippen LogP contribution < -0.4 is 0 Å². The number of para-hydroxylation sites is 1. The summed E-state index contributed by atoms with van der Waals surface area (Å²) in [7, 11) is 13.7. The van der Waals surface area contributed by atoms with Crippen LogP contribution >= 0.6 is 20.2 Å². The molecule has 1 aliphatic rings. The van der Waals surface area contributed by atoms with Crippen molar-refractivity contribution in [2.45, 2.75) is 39.5 Å². The Balaban J connectivity index is 0.00000103. The standard InChI is InChI=1S/C28H33N3.2ClH.Fe/c1-18(2)21-12-9-13-22(19(3)4)26(21)30-28-24-15-8-11-20-10-7-14-23(25(20)24)27(28)29-16-17-31(5)6;;;/h7-15,18-19H,16-17H2,1-6H3;2*1H;/q;;;+3/p-2.